The van der Waals surface area contributed by atoms with Crippen LogP contribution in [0.15, 0.2) is 24.3 Å². The van der Waals surface area contributed by atoms with Gasteiger partial charge in [0.15, 0.2) is 5.78 Å². The lowest BCUT2D eigenvalue weighted by Gasteiger charge is -1.91. The Bertz CT molecular complexity index is 202. The van der Waals surface area contributed by atoms with Crippen LogP contribution in [0, 0.1) is 0 Å². The van der Waals surface area contributed by atoms with E-state index in [2.05, 4.69) is 0 Å². The Morgan fingerprint density at radius 2 is 1.77 bits per heavy atom. The van der Waals surface area contributed by atoms with Crippen LogP contribution in [0.2, 0.25) is 0 Å². The van der Waals surface area contributed by atoms with E-state index in [9.17, 15) is 9.59 Å². The molecule has 0 aromatic rings. The molecule has 0 amide bonds. The number of hydrogen-bond acceptors (Lipinski definition) is 2. The van der Waals surface area contributed by atoms with Gasteiger partial charge in [0.05, 0.1) is 0 Å². The van der Waals surface area contributed by atoms with E-state index < -0.39 is 0 Å². The minimum absolute atomic E-state index is 0.0980. The third-order valence-corrected chi connectivity index (χ3v) is 1.56. The zero-order valence-corrected chi connectivity index (χ0v) is 8.03. The Labute approximate surface area is 79.3 Å². The molecule has 0 spiro atoms. The van der Waals surface area contributed by atoms with Crippen LogP contribution in [-0.2, 0) is 9.59 Å². The van der Waals surface area contributed by atoms with Crippen molar-refractivity contribution < 1.29 is 9.59 Å². The number of aldehydes is 1. The van der Waals surface area contributed by atoms with E-state index in [1.54, 1.807) is 13.0 Å². The van der Waals surface area contributed by atoms with E-state index in [1.165, 1.54) is 6.08 Å². The first kappa shape index (κ1) is 11.8. The second-order valence-electron chi connectivity index (χ2n) is 2.86. The third-order valence-electron chi connectivity index (χ3n) is 1.56. The van der Waals surface area contributed by atoms with Crippen molar-refractivity contribution in [3.05, 3.63) is 24.3 Å². The molecule has 0 aromatic heterocycles. The van der Waals surface area contributed by atoms with Crippen molar-refractivity contribution in [3.63, 3.8) is 0 Å². The summed E-state index contributed by atoms with van der Waals surface area (Å²) in [5.74, 6) is 0.0980. The highest BCUT2D eigenvalue weighted by Gasteiger charge is 1.84. The van der Waals surface area contributed by atoms with Crippen molar-refractivity contribution in [2.75, 3.05) is 0 Å². The fourth-order valence-corrected chi connectivity index (χ4v) is 0.925. The molecule has 0 unspecified atom stereocenters. The maximum Gasteiger partial charge on any atom is 0.152 e. The molecule has 0 heterocycles. The zero-order chi connectivity index (χ0) is 9.94. The van der Waals surface area contributed by atoms with Crippen LogP contribution in [0.1, 0.15) is 32.6 Å². The van der Waals surface area contributed by atoms with Gasteiger partial charge in [-0.05, 0) is 44.8 Å². The lowest BCUT2D eigenvalue weighted by molar-refractivity contribution is -0.112. The van der Waals surface area contributed by atoms with Gasteiger partial charge in [-0.25, -0.2) is 0 Å². The van der Waals surface area contributed by atoms with E-state index in [0.717, 1.165) is 32.0 Å². The summed E-state index contributed by atoms with van der Waals surface area (Å²) < 4.78 is 0. The normalized spacial score (nSPS) is 11.2. The smallest absolute Gasteiger partial charge is 0.152 e. The summed E-state index contributed by atoms with van der Waals surface area (Å²) >= 11 is 0. The van der Waals surface area contributed by atoms with Gasteiger partial charge in [0.2, 0.25) is 0 Å². The van der Waals surface area contributed by atoms with Gasteiger partial charge in [-0.15, -0.1) is 0 Å². The lowest BCUT2D eigenvalue weighted by Crippen LogP contribution is -1.80. The molecule has 2 nitrogen and oxygen atoms in total. The van der Waals surface area contributed by atoms with Gasteiger partial charge in [-0.3, -0.25) is 9.59 Å². The number of rotatable bonds is 7. The average molecular weight is 180 g/mol. The van der Waals surface area contributed by atoms with E-state index in [0.29, 0.717) is 0 Å². The van der Waals surface area contributed by atoms with Gasteiger partial charge >= 0.3 is 0 Å². The molecule has 13 heavy (non-hydrogen) atoms. The maximum absolute atomic E-state index is 10.5. The van der Waals surface area contributed by atoms with Gasteiger partial charge < -0.3 is 0 Å². The molecule has 0 aliphatic heterocycles. The molecule has 0 aliphatic rings. The van der Waals surface area contributed by atoms with Gasteiger partial charge in [0.25, 0.3) is 0 Å². The molecule has 0 saturated carbocycles. The van der Waals surface area contributed by atoms with Gasteiger partial charge in [-0.2, -0.15) is 0 Å². The molecule has 0 atom stereocenters. The number of allylic oxidation sites excluding steroid dienone is 4. The van der Waals surface area contributed by atoms with Crippen molar-refractivity contribution in [1.29, 1.82) is 0 Å². The van der Waals surface area contributed by atoms with Crippen molar-refractivity contribution in [1.82, 2.24) is 0 Å². The van der Waals surface area contributed by atoms with Gasteiger partial charge in [0.1, 0.15) is 6.29 Å². The number of carbonyl (C=O) groups excluding carboxylic acids is 2. The number of hydrogen-bond donors (Lipinski definition) is 0. The highest BCUT2D eigenvalue weighted by atomic mass is 16.1. The first-order valence-corrected chi connectivity index (χ1v) is 4.54. The Kier molecular flexibility index (Phi) is 8.10. The molecule has 0 aliphatic carbocycles. The Morgan fingerprint density at radius 3 is 2.31 bits per heavy atom. The number of unbranched alkanes of at least 4 members (excludes halogenated alkanes) is 3. The molecule has 2 heteroatoms. The summed E-state index contributed by atoms with van der Waals surface area (Å²) in [6.07, 6.45) is 11.7. The number of ketones is 1. The largest absolute Gasteiger partial charge is 0.299 e. The zero-order valence-electron chi connectivity index (χ0n) is 8.03. The van der Waals surface area contributed by atoms with Gasteiger partial charge in [-0.1, -0.05) is 12.2 Å². The molecule has 0 fully saturated rings. The van der Waals surface area contributed by atoms with Gasteiger partial charge in [0, 0.05) is 0 Å². The molecule has 0 bridgehead atoms. The first-order chi connectivity index (χ1) is 6.27. The molecule has 0 aromatic carbocycles. The molecular formula is C11H16O2. The van der Waals surface area contributed by atoms with Crippen LogP contribution in [-0.4, -0.2) is 12.1 Å². The Balaban J connectivity index is 3.21. The van der Waals surface area contributed by atoms with E-state index in [4.69, 9.17) is 0 Å². The summed E-state index contributed by atoms with van der Waals surface area (Å²) in [4.78, 5) is 20.4. The van der Waals surface area contributed by atoms with Crippen molar-refractivity contribution >= 4 is 12.1 Å². The van der Waals surface area contributed by atoms with Crippen molar-refractivity contribution in [2.45, 2.75) is 32.6 Å². The molecule has 0 N–H and O–H groups in total. The molecule has 0 rings (SSSR count). The van der Waals surface area contributed by atoms with Crippen LogP contribution in [0.5, 0.6) is 0 Å². The first-order valence-electron chi connectivity index (χ1n) is 4.54. The summed E-state index contributed by atoms with van der Waals surface area (Å²) in [5.41, 5.74) is 0. The topological polar surface area (TPSA) is 34.1 Å². The fraction of sp³-hybridized carbons (Fsp3) is 0.455. The maximum atomic E-state index is 10.5. The Hall–Kier alpha value is -1.18. The average Bonchev–Trinajstić information content (AvgIpc) is 2.09. The van der Waals surface area contributed by atoms with Crippen molar-refractivity contribution in [2.24, 2.45) is 0 Å². The highest BCUT2D eigenvalue weighted by Crippen LogP contribution is 2.01. The van der Waals surface area contributed by atoms with Crippen molar-refractivity contribution in [3.8, 4) is 0 Å². The predicted octanol–water partition coefficient (Wildman–Crippen LogP) is 2.45. The van der Waals surface area contributed by atoms with E-state index >= 15 is 0 Å². The SMILES string of the molecule is CC(=O)/C=C/CCCC/C=C/C=O. The molecule has 0 radical (unpaired) electrons. The van der Waals surface area contributed by atoms with Crippen LogP contribution < -0.4 is 0 Å². The standard InChI is InChI=1S/C11H16O2/c1-11(13)9-7-5-3-2-4-6-8-10-12/h6-10H,2-5H2,1H3/b8-6+,9-7+. The summed E-state index contributed by atoms with van der Waals surface area (Å²) in [5, 5.41) is 0. The monoisotopic (exact) mass is 180 g/mol. The lowest BCUT2D eigenvalue weighted by atomic mass is 10.2. The minimum atomic E-state index is 0.0980. The van der Waals surface area contributed by atoms with E-state index in [1.807, 2.05) is 12.2 Å². The van der Waals surface area contributed by atoms with Crippen LogP contribution >= 0.6 is 0 Å². The minimum Gasteiger partial charge on any atom is -0.299 e. The second-order valence-corrected chi connectivity index (χ2v) is 2.86. The third kappa shape index (κ3) is 10.8. The fourth-order valence-electron chi connectivity index (χ4n) is 0.925. The molecule has 72 valence electrons. The predicted molar refractivity (Wildman–Crippen MR) is 53.5 cm³/mol. The summed E-state index contributed by atoms with van der Waals surface area (Å²) in [6.45, 7) is 1.54. The summed E-state index contributed by atoms with van der Waals surface area (Å²) in [6, 6.07) is 0. The highest BCUT2D eigenvalue weighted by molar-refractivity contribution is 5.87. The van der Waals surface area contributed by atoms with Crippen LogP contribution in [0.3, 0.4) is 0 Å². The van der Waals surface area contributed by atoms with E-state index in [-0.39, 0.29) is 5.78 Å². The Morgan fingerprint density at radius 1 is 1.15 bits per heavy atom. The quantitative estimate of drug-likeness (QED) is 0.342. The molecular weight excluding hydrogens is 164 g/mol. The summed E-state index contributed by atoms with van der Waals surface area (Å²) in [7, 11) is 0. The van der Waals surface area contributed by atoms with Crippen LogP contribution in [0.25, 0.3) is 0 Å². The second kappa shape index (κ2) is 8.91. The number of carbonyl (C=O) groups is 2. The van der Waals surface area contributed by atoms with Crippen LogP contribution in [0.4, 0.5) is 0 Å². The molecule has 0 saturated heterocycles.